The highest BCUT2D eigenvalue weighted by Gasteiger charge is 2.31. The maximum absolute atomic E-state index is 14.3. The molecule has 0 aliphatic rings. The molecule has 0 aromatic heterocycles. The van der Waals surface area contributed by atoms with Crippen LogP contribution in [0.1, 0.15) is 15.9 Å². The standard InChI is InChI=1S/C49H46N2O11P2/c1-5-33-55-41-17-25-45(26-18-41)59-63(53,60-46-27-19-42(20-28-46)56-34-6-2)50-39-13-9-37(10-14-39)49(52)38-11-15-40(16-12-38)51-64(54,61-47-29-21-43(22-30-47)57-35-7-3)62-48-31-23-44(24-32-48)58-36-8-4/h5-32H,1-4,33-36H2,(H,50,53)(H,51,54). The fourth-order valence-corrected chi connectivity index (χ4v) is 8.35. The molecule has 13 nitrogen and oxygen atoms in total. The molecule has 0 radical (unpaired) electrons. The molecule has 2 N–H and O–H groups in total. The van der Waals surface area contributed by atoms with Gasteiger partial charge in [-0.05, 0) is 146 Å². The highest BCUT2D eigenvalue weighted by atomic mass is 31.2. The fourth-order valence-electron chi connectivity index (χ4n) is 5.57. The van der Waals surface area contributed by atoms with Gasteiger partial charge in [-0.25, -0.2) is 9.13 Å². The van der Waals surface area contributed by atoms with Gasteiger partial charge in [-0.15, -0.1) is 0 Å². The maximum atomic E-state index is 14.3. The van der Waals surface area contributed by atoms with E-state index in [4.69, 9.17) is 37.0 Å². The second-order valence-corrected chi connectivity index (χ2v) is 16.5. The number of ether oxygens (including phenoxy) is 4. The number of carbonyl (C=O) groups excluding carboxylic acids is 1. The molecular formula is C49H46N2O11P2. The molecule has 0 saturated carbocycles. The van der Waals surface area contributed by atoms with Crippen molar-refractivity contribution in [2.24, 2.45) is 0 Å². The van der Waals surface area contributed by atoms with Crippen LogP contribution < -0.4 is 47.2 Å². The Kier molecular flexibility index (Phi) is 16.1. The lowest BCUT2D eigenvalue weighted by molar-refractivity contribution is 0.103. The first-order chi connectivity index (χ1) is 31.1. The molecule has 0 atom stereocenters. The summed E-state index contributed by atoms with van der Waals surface area (Å²) in [6, 6.07) is 38.8. The molecule has 0 saturated heterocycles. The van der Waals surface area contributed by atoms with Crippen LogP contribution in [0.4, 0.5) is 11.4 Å². The largest absolute Gasteiger partial charge is 0.541 e. The number of benzene rings is 6. The minimum absolute atomic E-state index is 0.249. The summed E-state index contributed by atoms with van der Waals surface area (Å²) < 4.78 is 74.6. The van der Waals surface area contributed by atoms with Crippen LogP contribution in [0.15, 0.2) is 196 Å². The third-order valence-electron chi connectivity index (χ3n) is 8.49. The second kappa shape index (κ2) is 22.5. The van der Waals surface area contributed by atoms with E-state index in [9.17, 15) is 13.9 Å². The molecule has 6 aromatic rings. The Morgan fingerprint density at radius 1 is 0.375 bits per heavy atom. The third kappa shape index (κ3) is 13.7. The summed E-state index contributed by atoms with van der Waals surface area (Å²) in [5.74, 6) is 2.97. The van der Waals surface area contributed by atoms with E-state index >= 15 is 0 Å². The molecule has 0 aliphatic heterocycles. The van der Waals surface area contributed by atoms with Crippen molar-refractivity contribution in [2.75, 3.05) is 36.6 Å². The number of nitrogens with one attached hydrogen (secondary N) is 2. The Bertz CT molecular complexity index is 2280. The van der Waals surface area contributed by atoms with E-state index < -0.39 is 15.5 Å². The van der Waals surface area contributed by atoms with Crippen LogP contribution in [0.5, 0.6) is 46.0 Å². The predicted octanol–water partition coefficient (Wildman–Crippen LogP) is 12.5. The van der Waals surface area contributed by atoms with Crippen LogP contribution in [0.2, 0.25) is 0 Å². The van der Waals surface area contributed by atoms with Gasteiger partial charge >= 0.3 is 15.5 Å². The molecular weight excluding hydrogens is 854 g/mol. The van der Waals surface area contributed by atoms with Gasteiger partial charge in [0.1, 0.15) is 72.4 Å². The van der Waals surface area contributed by atoms with Crippen molar-refractivity contribution < 1.29 is 51.0 Å². The molecule has 0 bridgehead atoms. The molecule has 0 spiro atoms. The lowest BCUT2D eigenvalue weighted by atomic mass is 10.0. The highest BCUT2D eigenvalue weighted by Crippen LogP contribution is 2.50. The van der Waals surface area contributed by atoms with Gasteiger partial charge in [0.25, 0.3) is 0 Å². The van der Waals surface area contributed by atoms with Crippen molar-refractivity contribution in [2.45, 2.75) is 0 Å². The molecule has 15 heteroatoms. The van der Waals surface area contributed by atoms with Crippen LogP contribution in [-0.2, 0) is 9.13 Å². The Morgan fingerprint density at radius 3 is 0.812 bits per heavy atom. The first-order valence-electron chi connectivity index (χ1n) is 19.7. The van der Waals surface area contributed by atoms with Crippen molar-refractivity contribution in [1.29, 1.82) is 0 Å². The number of hydrogen-bond donors (Lipinski definition) is 2. The lowest BCUT2D eigenvalue weighted by Gasteiger charge is -2.21. The number of carbonyl (C=O) groups is 1. The predicted molar refractivity (Wildman–Crippen MR) is 250 cm³/mol. The fraction of sp³-hybridized carbons (Fsp3) is 0.0816. The lowest BCUT2D eigenvalue weighted by Crippen LogP contribution is -2.10. The Labute approximate surface area is 372 Å². The van der Waals surface area contributed by atoms with Crippen LogP contribution in [-0.4, -0.2) is 32.2 Å². The normalized spacial score (nSPS) is 10.9. The van der Waals surface area contributed by atoms with E-state index in [2.05, 4.69) is 36.5 Å². The zero-order valence-electron chi connectivity index (χ0n) is 34.7. The molecule has 0 amide bonds. The van der Waals surface area contributed by atoms with Gasteiger partial charge in [0.05, 0.1) is 0 Å². The first kappa shape index (κ1) is 45.9. The van der Waals surface area contributed by atoms with E-state index in [0.29, 0.717) is 71.9 Å². The zero-order valence-corrected chi connectivity index (χ0v) is 36.5. The quantitative estimate of drug-likeness (QED) is 0.0302. The van der Waals surface area contributed by atoms with Crippen LogP contribution >= 0.6 is 15.5 Å². The maximum Gasteiger partial charge on any atom is 0.541 e. The SMILES string of the molecule is C=CCOc1ccc(OP(=O)(Nc2ccc(C(=O)c3ccc(NP(=O)(Oc4ccc(OCC=C)cc4)Oc4ccc(OCC=C)cc4)cc3)cc2)Oc2ccc(OCC=C)cc2)cc1. The van der Waals surface area contributed by atoms with E-state index in [-0.39, 0.29) is 28.8 Å². The summed E-state index contributed by atoms with van der Waals surface area (Å²) in [5.41, 5.74) is 1.38. The summed E-state index contributed by atoms with van der Waals surface area (Å²) in [4.78, 5) is 13.7. The molecule has 6 aromatic carbocycles. The average Bonchev–Trinajstić information content (AvgIpc) is 3.31. The monoisotopic (exact) mass is 900 g/mol. The second-order valence-electron chi connectivity index (χ2n) is 13.4. The van der Waals surface area contributed by atoms with Crippen molar-refractivity contribution in [3.05, 3.63) is 207 Å². The molecule has 0 heterocycles. The van der Waals surface area contributed by atoms with Gasteiger partial charge in [0.15, 0.2) is 5.78 Å². The molecule has 0 unspecified atom stereocenters. The van der Waals surface area contributed by atoms with E-state index in [0.717, 1.165) is 0 Å². The molecule has 64 heavy (non-hydrogen) atoms. The first-order valence-corrected chi connectivity index (χ1v) is 22.8. The van der Waals surface area contributed by atoms with Crippen LogP contribution in [0.25, 0.3) is 0 Å². The molecule has 6 rings (SSSR count). The van der Waals surface area contributed by atoms with Crippen LogP contribution in [0, 0.1) is 0 Å². The third-order valence-corrected chi connectivity index (χ3v) is 11.4. The van der Waals surface area contributed by atoms with Gasteiger partial charge in [-0.3, -0.25) is 15.0 Å². The minimum atomic E-state index is -4.15. The summed E-state index contributed by atoms with van der Waals surface area (Å²) in [6.45, 7) is 15.9. The smallest absolute Gasteiger partial charge is 0.490 e. The summed E-state index contributed by atoms with van der Waals surface area (Å²) in [7, 11) is -8.31. The summed E-state index contributed by atoms with van der Waals surface area (Å²) >= 11 is 0. The zero-order chi connectivity index (χ0) is 45.2. The van der Waals surface area contributed by atoms with Crippen molar-refractivity contribution in [1.82, 2.24) is 0 Å². The Balaban J connectivity index is 1.16. The highest BCUT2D eigenvalue weighted by molar-refractivity contribution is 7.56. The van der Waals surface area contributed by atoms with Crippen molar-refractivity contribution >= 4 is 32.7 Å². The topological polar surface area (TPSA) is 149 Å². The van der Waals surface area contributed by atoms with Gasteiger partial charge in [-0.1, -0.05) is 50.6 Å². The van der Waals surface area contributed by atoms with E-state index in [1.54, 1.807) is 170 Å². The van der Waals surface area contributed by atoms with Gasteiger partial charge in [-0.2, -0.15) is 0 Å². The molecule has 0 aliphatic carbocycles. The van der Waals surface area contributed by atoms with E-state index in [1.807, 2.05) is 0 Å². The summed E-state index contributed by atoms with van der Waals surface area (Å²) in [6.07, 6.45) is 6.50. The van der Waals surface area contributed by atoms with Gasteiger partial charge in [0.2, 0.25) is 0 Å². The molecule has 0 fully saturated rings. The van der Waals surface area contributed by atoms with Crippen LogP contribution in [0.3, 0.4) is 0 Å². The number of hydrogen-bond acceptors (Lipinski definition) is 11. The van der Waals surface area contributed by atoms with Crippen molar-refractivity contribution in [3.8, 4) is 46.0 Å². The number of ketones is 1. The average molecular weight is 901 g/mol. The number of anilines is 2. The van der Waals surface area contributed by atoms with Gasteiger partial charge < -0.3 is 37.0 Å². The van der Waals surface area contributed by atoms with Crippen molar-refractivity contribution in [3.63, 3.8) is 0 Å². The number of rotatable bonds is 26. The molecule has 328 valence electrons. The Morgan fingerprint density at radius 2 is 0.594 bits per heavy atom. The Hall–Kier alpha value is -7.59. The summed E-state index contributed by atoms with van der Waals surface area (Å²) in [5, 5.41) is 5.75. The minimum Gasteiger partial charge on any atom is -0.490 e. The van der Waals surface area contributed by atoms with E-state index in [1.165, 1.54) is 0 Å². The van der Waals surface area contributed by atoms with Gasteiger partial charge in [0, 0.05) is 22.5 Å².